The first kappa shape index (κ1) is 24.8. The van der Waals surface area contributed by atoms with Crippen molar-refractivity contribution in [3.05, 3.63) is 53.6 Å². The Labute approximate surface area is 208 Å². The summed E-state index contributed by atoms with van der Waals surface area (Å²) in [5.74, 6) is 1.93. The summed E-state index contributed by atoms with van der Waals surface area (Å²) in [6.07, 6.45) is 4.65. The monoisotopic (exact) mass is 474 g/mol. The topological polar surface area (TPSA) is 82.2 Å². The molecule has 1 aliphatic rings. The number of hydrogen-bond donors (Lipinski definition) is 3. The molecule has 2 amide bonds. The van der Waals surface area contributed by atoms with Crippen LogP contribution in [0.3, 0.4) is 0 Å². The number of amides is 2. The molecule has 0 bridgehead atoms. The number of aromatic nitrogens is 2. The third kappa shape index (κ3) is 5.84. The standard InChI is InChI=1S/C28H38N6O/c1-6-19-10-9-12-22(18(2)3)25(19)32-28(35)30-21-16-14-20(15-17-21)29-27-31-24-13-8-7-11-23(24)26(33-27)34(4)5/h7-13,18,20-21H,6,14-17H2,1-5H3,(H,29,31,33)(H2,30,32,35)/t20-,21+. The van der Waals surface area contributed by atoms with Gasteiger partial charge in [0.2, 0.25) is 5.95 Å². The van der Waals surface area contributed by atoms with Crippen LogP contribution in [0.5, 0.6) is 0 Å². The molecular weight excluding hydrogens is 436 g/mol. The summed E-state index contributed by atoms with van der Waals surface area (Å²) >= 11 is 0. The molecule has 7 heteroatoms. The molecule has 3 N–H and O–H groups in total. The van der Waals surface area contributed by atoms with Gasteiger partial charge in [-0.2, -0.15) is 4.98 Å². The quantitative estimate of drug-likeness (QED) is 0.396. The van der Waals surface area contributed by atoms with Crippen molar-refractivity contribution in [2.45, 2.75) is 70.9 Å². The van der Waals surface area contributed by atoms with E-state index < -0.39 is 0 Å². The fourth-order valence-electron chi connectivity index (χ4n) is 4.91. The van der Waals surface area contributed by atoms with E-state index >= 15 is 0 Å². The Bertz CT molecular complexity index is 1170. The Balaban J connectivity index is 1.35. The Morgan fingerprint density at radius 3 is 2.40 bits per heavy atom. The Kier molecular flexibility index (Phi) is 7.73. The fraction of sp³-hybridized carbons (Fsp3) is 0.464. The van der Waals surface area contributed by atoms with Gasteiger partial charge in [-0.05, 0) is 61.3 Å². The molecule has 0 aliphatic heterocycles. The Morgan fingerprint density at radius 2 is 1.71 bits per heavy atom. The normalized spacial score (nSPS) is 17.9. The second-order valence-electron chi connectivity index (χ2n) is 9.96. The Morgan fingerprint density at radius 1 is 1.00 bits per heavy atom. The van der Waals surface area contributed by atoms with E-state index in [0.29, 0.717) is 17.9 Å². The molecule has 35 heavy (non-hydrogen) atoms. The van der Waals surface area contributed by atoms with Crippen molar-refractivity contribution < 1.29 is 4.79 Å². The van der Waals surface area contributed by atoms with Gasteiger partial charge in [0, 0.05) is 37.3 Å². The van der Waals surface area contributed by atoms with Gasteiger partial charge in [0.05, 0.1) is 5.52 Å². The molecule has 3 aromatic rings. The Hall–Kier alpha value is -3.35. The third-order valence-corrected chi connectivity index (χ3v) is 6.83. The highest BCUT2D eigenvalue weighted by atomic mass is 16.2. The number of nitrogens with zero attached hydrogens (tertiary/aromatic N) is 3. The third-order valence-electron chi connectivity index (χ3n) is 6.83. The lowest BCUT2D eigenvalue weighted by atomic mass is 9.91. The molecule has 1 aliphatic carbocycles. The van der Waals surface area contributed by atoms with E-state index in [4.69, 9.17) is 9.97 Å². The van der Waals surface area contributed by atoms with Crippen LogP contribution in [0.25, 0.3) is 10.9 Å². The molecule has 2 aromatic carbocycles. The number of fused-ring (bicyclic) bond motifs is 1. The summed E-state index contributed by atoms with van der Waals surface area (Å²) in [5, 5.41) is 10.9. The van der Waals surface area contributed by atoms with Crippen molar-refractivity contribution >= 4 is 34.4 Å². The molecule has 1 fully saturated rings. The van der Waals surface area contributed by atoms with Gasteiger partial charge in [-0.15, -0.1) is 0 Å². The van der Waals surface area contributed by atoms with Gasteiger partial charge in [-0.1, -0.05) is 51.1 Å². The zero-order valence-corrected chi connectivity index (χ0v) is 21.6. The van der Waals surface area contributed by atoms with Gasteiger partial charge in [-0.3, -0.25) is 0 Å². The second-order valence-corrected chi connectivity index (χ2v) is 9.96. The van der Waals surface area contributed by atoms with Gasteiger partial charge < -0.3 is 20.9 Å². The molecule has 0 radical (unpaired) electrons. The predicted octanol–water partition coefficient (Wildman–Crippen LogP) is 5.93. The summed E-state index contributed by atoms with van der Waals surface area (Å²) in [6.45, 7) is 6.44. The number of anilines is 3. The van der Waals surface area contributed by atoms with Gasteiger partial charge >= 0.3 is 6.03 Å². The van der Waals surface area contributed by atoms with Crippen molar-refractivity contribution in [3.63, 3.8) is 0 Å². The zero-order chi connectivity index (χ0) is 24.9. The predicted molar refractivity (Wildman–Crippen MR) is 146 cm³/mol. The SMILES string of the molecule is CCc1cccc(C(C)C)c1NC(=O)N[C@H]1CC[C@@H](Nc2nc(N(C)C)c3ccccc3n2)CC1. The number of hydrogen-bond acceptors (Lipinski definition) is 5. The maximum Gasteiger partial charge on any atom is 0.319 e. The number of carbonyl (C=O) groups excluding carboxylic acids is 1. The van der Waals surface area contributed by atoms with Crippen molar-refractivity contribution in [2.24, 2.45) is 0 Å². The number of rotatable bonds is 7. The number of urea groups is 1. The highest BCUT2D eigenvalue weighted by molar-refractivity contribution is 5.91. The van der Waals surface area contributed by atoms with Gasteiger partial charge in [0.15, 0.2) is 0 Å². The molecule has 1 aromatic heterocycles. The molecule has 186 valence electrons. The van der Waals surface area contributed by atoms with E-state index in [1.165, 1.54) is 11.1 Å². The minimum Gasteiger partial charge on any atom is -0.362 e. The van der Waals surface area contributed by atoms with Crippen LogP contribution in [0, 0.1) is 0 Å². The number of para-hydroxylation sites is 2. The lowest BCUT2D eigenvalue weighted by Crippen LogP contribution is -2.42. The van der Waals surface area contributed by atoms with E-state index in [2.05, 4.69) is 61.0 Å². The maximum absolute atomic E-state index is 12.9. The summed E-state index contributed by atoms with van der Waals surface area (Å²) in [5.41, 5.74) is 4.25. The summed E-state index contributed by atoms with van der Waals surface area (Å²) < 4.78 is 0. The lowest BCUT2D eigenvalue weighted by Gasteiger charge is -2.30. The summed E-state index contributed by atoms with van der Waals surface area (Å²) in [6, 6.07) is 14.7. The van der Waals surface area contributed by atoms with Gasteiger partial charge in [0.1, 0.15) is 5.82 Å². The van der Waals surface area contributed by atoms with E-state index in [0.717, 1.165) is 54.5 Å². The first-order chi connectivity index (χ1) is 16.9. The molecule has 0 saturated heterocycles. The molecular formula is C28H38N6O. The van der Waals surface area contributed by atoms with Crippen LogP contribution in [0.2, 0.25) is 0 Å². The van der Waals surface area contributed by atoms with Crippen LogP contribution in [-0.2, 0) is 6.42 Å². The second kappa shape index (κ2) is 10.9. The van der Waals surface area contributed by atoms with Gasteiger partial charge in [-0.25, -0.2) is 9.78 Å². The highest BCUT2D eigenvalue weighted by Gasteiger charge is 2.24. The lowest BCUT2D eigenvalue weighted by molar-refractivity contribution is 0.243. The largest absolute Gasteiger partial charge is 0.362 e. The number of carbonyl (C=O) groups is 1. The van der Waals surface area contributed by atoms with Crippen LogP contribution in [0.15, 0.2) is 42.5 Å². The van der Waals surface area contributed by atoms with E-state index in [1.54, 1.807) is 0 Å². The molecule has 0 spiro atoms. The molecule has 4 rings (SSSR count). The van der Waals surface area contributed by atoms with Crippen molar-refractivity contribution in [1.82, 2.24) is 15.3 Å². The van der Waals surface area contributed by atoms with E-state index in [9.17, 15) is 4.79 Å². The molecule has 1 heterocycles. The van der Waals surface area contributed by atoms with Crippen LogP contribution in [-0.4, -0.2) is 42.2 Å². The number of nitrogens with one attached hydrogen (secondary N) is 3. The number of aryl methyl sites for hydroxylation is 1. The zero-order valence-electron chi connectivity index (χ0n) is 21.6. The minimum atomic E-state index is -0.113. The maximum atomic E-state index is 12.9. The van der Waals surface area contributed by atoms with E-state index in [1.807, 2.05) is 37.2 Å². The molecule has 0 atom stereocenters. The van der Waals surface area contributed by atoms with Crippen molar-refractivity contribution in [1.29, 1.82) is 0 Å². The average molecular weight is 475 g/mol. The fourth-order valence-corrected chi connectivity index (χ4v) is 4.91. The summed E-state index contributed by atoms with van der Waals surface area (Å²) in [4.78, 5) is 24.4. The average Bonchev–Trinajstić information content (AvgIpc) is 2.84. The smallest absolute Gasteiger partial charge is 0.319 e. The van der Waals surface area contributed by atoms with Crippen LogP contribution in [0.4, 0.5) is 22.2 Å². The van der Waals surface area contributed by atoms with Crippen molar-refractivity contribution in [2.75, 3.05) is 29.6 Å². The first-order valence-corrected chi connectivity index (χ1v) is 12.8. The number of benzene rings is 2. The highest BCUT2D eigenvalue weighted by Crippen LogP contribution is 2.29. The minimum absolute atomic E-state index is 0.113. The van der Waals surface area contributed by atoms with Gasteiger partial charge in [0.25, 0.3) is 0 Å². The first-order valence-electron chi connectivity index (χ1n) is 12.8. The van der Waals surface area contributed by atoms with Crippen molar-refractivity contribution in [3.8, 4) is 0 Å². The van der Waals surface area contributed by atoms with Crippen LogP contribution < -0.4 is 20.9 Å². The molecule has 0 unspecified atom stereocenters. The summed E-state index contributed by atoms with van der Waals surface area (Å²) in [7, 11) is 4.01. The van der Waals surface area contributed by atoms with Crippen LogP contribution >= 0.6 is 0 Å². The molecule has 1 saturated carbocycles. The van der Waals surface area contributed by atoms with E-state index in [-0.39, 0.29) is 12.1 Å². The van der Waals surface area contributed by atoms with Crippen LogP contribution in [0.1, 0.15) is 63.5 Å². The molecule has 7 nitrogen and oxygen atoms in total.